The van der Waals surface area contributed by atoms with Gasteiger partial charge in [0.15, 0.2) is 0 Å². The Balaban J connectivity index is 2.35. The Morgan fingerprint density at radius 1 is 0.556 bits per heavy atom. The summed E-state index contributed by atoms with van der Waals surface area (Å²) < 4.78 is 0. The van der Waals surface area contributed by atoms with Crippen molar-refractivity contribution in [1.82, 2.24) is 0 Å². The average Bonchev–Trinajstić information content (AvgIpc) is 2.45. The molecule has 0 aliphatic heterocycles. The number of hydrogen-bond donors (Lipinski definition) is 0. The third-order valence-electron chi connectivity index (χ3n) is 2.87. The summed E-state index contributed by atoms with van der Waals surface area (Å²) in [6.45, 7) is 7.66. The molecular weight excluding hydrogens is 216 g/mol. The molecule has 0 radical (unpaired) electrons. The van der Waals surface area contributed by atoms with Crippen molar-refractivity contribution in [2.75, 3.05) is 0 Å². The Labute approximate surface area is 109 Å². The zero-order chi connectivity index (χ0) is 12.8. The van der Waals surface area contributed by atoms with E-state index in [0.29, 0.717) is 0 Å². The van der Waals surface area contributed by atoms with Crippen LogP contribution in [0.5, 0.6) is 0 Å². The maximum absolute atomic E-state index is 3.83. The maximum atomic E-state index is 3.83. The molecule has 0 aliphatic rings. The van der Waals surface area contributed by atoms with Crippen LogP contribution in [0, 0.1) is 0 Å². The monoisotopic (exact) mass is 232 g/mol. The lowest BCUT2D eigenvalue weighted by Gasteiger charge is -2.02. The third kappa shape index (κ3) is 2.67. The van der Waals surface area contributed by atoms with E-state index in [4.69, 9.17) is 0 Å². The first kappa shape index (κ1) is 12.1. The standard InChI is InChI=1S/C18H16/c1-3-15-9-5-7-11-17(15)13-14-18-12-8-6-10-16(18)4-2/h3-14H,1-2H2. The Bertz CT molecular complexity index is 535. The van der Waals surface area contributed by atoms with Gasteiger partial charge in [-0.2, -0.15) is 0 Å². The van der Waals surface area contributed by atoms with Gasteiger partial charge in [0, 0.05) is 0 Å². The Morgan fingerprint density at radius 3 is 1.22 bits per heavy atom. The minimum atomic E-state index is 1.14. The average molecular weight is 232 g/mol. The molecule has 0 heteroatoms. The highest BCUT2D eigenvalue weighted by molar-refractivity contribution is 5.77. The zero-order valence-corrected chi connectivity index (χ0v) is 10.3. The van der Waals surface area contributed by atoms with Crippen LogP contribution >= 0.6 is 0 Å². The predicted molar refractivity (Wildman–Crippen MR) is 82.0 cm³/mol. The second kappa shape index (κ2) is 5.83. The largest absolute Gasteiger partial charge is 0.0984 e. The molecule has 2 aromatic rings. The van der Waals surface area contributed by atoms with Crippen molar-refractivity contribution < 1.29 is 0 Å². The zero-order valence-electron chi connectivity index (χ0n) is 10.3. The molecule has 0 nitrogen and oxygen atoms in total. The van der Waals surface area contributed by atoms with E-state index >= 15 is 0 Å². The summed E-state index contributed by atoms with van der Waals surface area (Å²) in [6.07, 6.45) is 7.97. The summed E-state index contributed by atoms with van der Waals surface area (Å²) in [5.41, 5.74) is 4.63. The quantitative estimate of drug-likeness (QED) is 0.640. The molecule has 0 aliphatic carbocycles. The van der Waals surface area contributed by atoms with Crippen molar-refractivity contribution in [3.8, 4) is 0 Å². The summed E-state index contributed by atoms with van der Waals surface area (Å²) in [5.74, 6) is 0. The lowest BCUT2D eigenvalue weighted by atomic mass is 10.0. The highest BCUT2D eigenvalue weighted by Gasteiger charge is 1.95. The van der Waals surface area contributed by atoms with Gasteiger partial charge in [-0.15, -0.1) is 0 Å². The Kier molecular flexibility index (Phi) is 3.93. The topological polar surface area (TPSA) is 0 Å². The number of rotatable bonds is 4. The molecule has 0 saturated carbocycles. The lowest BCUT2D eigenvalue weighted by molar-refractivity contribution is 1.60. The molecule has 2 aromatic carbocycles. The SMILES string of the molecule is C=Cc1ccccc1C=Cc1ccccc1C=C. The van der Waals surface area contributed by atoms with E-state index in [0.717, 1.165) is 11.1 Å². The number of benzene rings is 2. The van der Waals surface area contributed by atoms with Crippen LogP contribution in [0.2, 0.25) is 0 Å². The van der Waals surface area contributed by atoms with Gasteiger partial charge in [0.25, 0.3) is 0 Å². The highest BCUT2D eigenvalue weighted by Crippen LogP contribution is 2.17. The van der Waals surface area contributed by atoms with Crippen LogP contribution in [0.1, 0.15) is 22.3 Å². The highest BCUT2D eigenvalue weighted by atomic mass is 14.0. The van der Waals surface area contributed by atoms with Crippen molar-refractivity contribution in [3.05, 3.63) is 83.9 Å². The van der Waals surface area contributed by atoms with Crippen molar-refractivity contribution in [3.63, 3.8) is 0 Å². The lowest BCUT2D eigenvalue weighted by Crippen LogP contribution is -1.81. The minimum absolute atomic E-state index is 1.14. The molecule has 2 rings (SSSR count). The first-order valence-corrected chi connectivity index (χ1v) is 5.96. The van der Waals surface area contributed by atoms with E-state index in [-0.39, 0.29) is 0 Å². The molecule has 0 heterocycles. The fraction of sp³-hybridized carbons (Fsp3) is 0. The molecule has 0 fully saturated rings. The summed E-state index contributed by atoms with van der Waals surface area (Å²) in [4.78, 5) is 0. The van der Waals surface area contributed by atoms with Crippen molar-refractivity contribution >= 4 is 24.3 Å². The normalized spacial score (nSPS) is 10.4. The van der Waals surface area contributed by atoms with E-state index in [1.807, 2.05) is 36.4 Å². The predicted octanol–water partition coefficient (Wildman–Crippen LogP) is 5.14. The molecule has 18 heavy (non-hydrogen) atoms. The first-order valence-electron chi connectivity index (χ1n) is 5.96. The molecule has 0 N–H and O–H groups in total. The summed E-state index contributed by atoms with van der Waals surface area (Å²) in [5, 5.41) is 0. The fourth-order valence-corrected chi connectivity index (χ4v) is 1.88. The molecular formula is C18H16. The molecule has 88 valence electrons. The van der Waals surface area contributed by atoms with Gasteiger partial charge in [0.2, 0.25) is 0 Å². The third-order valence-corrected chi connectivity index (χ3v) is 2.87. The van der Waals surface area contributed by atoms with Crippen LogP contribution in [0.15, 0.2) is 61.7 Å². The summed E-state index contributed by atoms with van der Waals surface area (Å²) >= 11 is 0. The van der Waals surface area contributed by atoms with Crippen LogP contribution in [-0.2, 0) is 0 Å². The molecule has 0 atom stereocenters. The van der Waals surface area contributed by atoms with E-state index in [1.54, 1.807) is 0 Å². The Hall–Kier alpha value is -2.34. The molecule has 0 amide bonds. The molecule has 0 spiro atoms. The number of hydrogen-bond acceptors (Lipinski definition) is 0. The second-order valence-electron chi connectivity index (χ2n) is 4.00. The van der Waals surface area contributed by atoms with E-state index in [2.05, 4.69) is 49.6 Å². The van der Waals surface area contributed by atoms with Crippen LogP contribution in [0.25, 0.3) is 24.3 Å². The van der Waals surface area contributed by atoms with Crippen LogP contribution < -0.4 is 0 Å². The van der Waals surface area contributed by atoms with Crippen LogP contribution in [0.4, 0.5) is 0 Å². The first-order chi connectivity index (χ1) is 8.85. The molecule has 0 aromatic heterocycles. The molecule has 0 saturated heterocycles. The summed E-state index contributed by atoms with van der Waals surface area (Å²) in [6, 6.07) is 16.4. The van der Waals surface area contributed by atoms with Gasteiger partial charge in [-0.05, 0) is 22.3 Å². The van der Waals surface area contributed by atoms with Crippen LogP contribution in [-0.4, -0.2) is 0 Å². The summed E-state index contributed by atoms with van der Waals surface area (Å²) in [7, 11) is 0. The van der Waals surface area contributed by atoms with Crippen molar-refractivity contribution in [2.24, 2.45) is 0 Å². The minimum Gasteiger partial charge on any atom is -0.0984 e. The van der Waals surface area contributed by atoms with Gasteiger partial charge < -0.3 is 0 Å². The second-order valence-corrected chi connectivity index (χ2v) is 4.00. The van der Waals surface area contributed by atoms with Gasteiger partial charge in [0.1, 0.15) is 0 Å². The smallest absolute Gasteiger partial charge is 0.0184 e. The maximum Gasteiger partial charge on any atom is -0.0184 e. The van der Waals surface area contributed by atoms with Gasteiger partial charge in [-0.1, -0.05) is 86.0 Å². The van der Waals surface area contributed by atoms with E-state index in [9.17, 15) is 0 Å². The van der Waals surface area contributed by atoms with Crippen LogP contribution in [0.3, 0.4) is 0 Å². The molecule has 0 unspecified atom stereocenters. The van der Waals surface area contributed by atoms with Gasteiger partial charge in [0.05, 0.1) is 0 Å². The van der Waals surface area contributed by atoms with Crippen molar-refractivity contribution in [1.29, 1.82) is 0 Å². The van der Waals surface area contributed by atoms with Gasteiger partial charge in [-0.25, -0.2) is 0 Å². The molecule has 0 bridgehead atoms. The van der Waals surface area contributed by atoms with E-state index in [1.165, 1.54) is 11.1 Å². The fourth-order valence-electron chi connectivity index (χ4n) is 1.88. The Morgan fingerprint density at radius 2 is 0.889 bits per heavy atom. The van der Waals surface area contributed by atoms with E-state index < -0.39 is 0 Å². The van der Waals surface area contributed by atoms with Gasteiger partial charge >= 0.3 is 0 Å². The van der Waals surface area contributed by atoms with Crippen molar-refractivity contribution in [2.45, 2.75) is 0 Å². The van der Waals surface area contributed by atoms with Gasteiger partial charge in [-0.3, -0.25) is 0 Å².